The van der Waals surface area contributed by atoms with Crippen LogP contribution < -0.4 is 9.64 Å². The summed E-state index contributed by atoms with van der Waals surface area (Å²) in [6.45, 7) is 2.67. The summed E-state index contributed by atoms with van der Waals surface area (Å²) in [5.74, 6) is 0.729. The smallest absolute Gasteiger partial charge is 0.121 e. The largest absolute Gasteiger partial charge is 0.494 e. The molecule has 4 atom stereocenters. The van der Waals surface area contributed by atoms with Gasteiger partial charge in [-0.05, 0) is 31.9 Å². The van der Waals surface area contributed by atoms with Crippen LogP contribution in [0.1, 0.15) is 24.1 Å². The van der Waals surface area contributed by atoms with Crippen LogP contribution in [0.25, 0.3) is 0 Å². The normalized spacial score (nSPS) is 24.3. The Kier molecular flexibility index (Phi) is 8.28. The molecule has 0 saturated heterocycles. The SMILES string of the molecule is Cc1nn(C)cc1CN1C[C@@H](O)[C@@H](O)[C@@H]([C@H](O)CO)OCCCCOc2cccc1c2. The first-order valence-electron chi connectivity index (χ1n) is 10.6. The van der Waals surface area contributed by atoms with Crippen molar-refractivity contribution in [3.63, 3.8) is 0 Å². The standard InChI is InChI=1S/C22H33N3O6/c1-15-16(11-24(2)23-15)12-25-13-19(27)21(29)22(20(28)14-26)31-9-4-3-8-30-18-7-5-6-17(25)10-18/h5-7,10-11,19-22,26-29H,3-4,8-9,12-14H2,1-2H3/t19-,20-,21-,22-/m1/s1. The maximum absolute atomic E-state index is 10.8. The number of β-amino-alcohol motifs (C(OH)–C–C–N with tert-alkyl or cyclic N) is 1. The minimum Gasteiger partial charge on any atom is -0.494 e. The summed E-state index contributed by atoms with van der Waals surface area (Å²) in [6, 6.07) is 7.61. The number of aliphatic hydroxyl groups excluding tert-OH is 4. The molecule has 1 aliphatic heterocycles. The van der Waals surface area contributed by atoms with Gasteiger partial charge in [-0.15, -0.1) is 0 Å². The van der Waals surface area contributed by atoms with Crippen molar-refractivity contribution in [2.45, 2.75) is 50.7 Å². The molecule has 3 rings (SSSR count). The number of benzene rings is 1. The Labute approximate surface area is 182 Å². The predicted octanol–water partition coefficient (Wildman–Crippen LogP) is 0.368. The van der Waals surface area contributed by atoms with Crippen LogP contribution in [0.3, 0.4) is 0 Å². The molecule has 1 aromatic carbocycles. The summed E-state index contributed by atoms with van der Waals surface area (Å²) in [5, 5.41) is 45.5. The first kappa shape index (κ1) is 23.5. The van der Waals surface area contributed by atoms with Gasteiger partial charge in [0.15, 0.2) is 0 Å². The summed E-state index contributed by atoms with van der Waals surface area (Å²) in [4.78, 5) is 1.93. The molecule has 0 saturated carbocycles. The van der Waals surface area contributed by atoms with Crippen molar-refractivity contribution >= 4 is 5.69 Å². The lowest BCUT2D eigenvalue weighted by Gasteiger charge is -2.34. The van der Waals surface area contributed by atoms with Gasteiger partial charge in [-0.3, -0.25) is 4.68 Å². The van der Waals surface area contributed by atoms with Gasteiger partial charge in [-0.2, -0.15) is 5.10 Å². The quantitative estimate of drug-likeness (QED) is 0.544. The summed E-state index contributed by atoms with van der Waals surface area (Å²) in [6.07, 6.45) is -1.70. The molecule has 172 valence electrons. The van der Waals surface area contributed by atoms with Gasteiger partial charge in [0, 0.05) is 50.3 Å². The second-order valence-corrected chi connectivity index (χ2v) is 7.99. The molecular formula is C22H33N3O6. The monoisotopic (exact) mass is 435 g/mol. The van der Waals surface area contributed by atoms with Crippen molar-refractivity contribution in [1.82, 2.24) is 9.78 Å². The second-order valence-electron chi connectivity index (χ2n) is 7.99. The fraction of sp³-hybridized carbons (Fsp3) is 0.591. The second kappa shape index (κ2) is 10.9. The van der Waals surface area contributed by atoms with E-state index in [1.165, 1.54) is 0 Å². The van der Waals surface area contributed by atoms with E-state index in [0.29, 0.717) is 19.6 Å². The minimum atomic E-state index is -1.37. The zero-order valence-electron chi connectivity index (χ0n) is 18.1. The number of ether oxygens (including phenoxy) is 2. The molecule has 31 heavy (non-hydrogen) atoms. The molecule has 1 aromatic heterocycles. The van der Waals surface area contributed by atoms with Crippen molar-refractivity contribution < 1.29 is 29.9 Å². The van der Waals surface area contributed by atoms with Crippen LogP contribution in [0.5, 0.6) is 5.75 Å². The summed E-state index contributed by atoms with van der Waals surface area (Å²) < 4.78 is 13.2. The van der Waals surface area contributed by atoms with Gasteiger partial charge in [0.2, 0.25) is 0 Å². The number of aliphatic hydroxyl groups is 4. The number of nitrogens with zero attached hydrogens (tertiary/aromatic N) is 3. The molecule has 0 unspecified atom stereocenters. The molecule has 9 nitrogen and oxygen atoms in total. The van der Waals surface area contributed by atoms with Crippen molar-refractivity contribution in [3.8, 4) is 5.75 Å². The van der Waals surface area contributed by atoms with Gasteiger partial charge in [0.25, 0.3) is 0 Å². The molecule has 2 aromatic rings. The van der Waals surface area contributed by atoms with E-state index in [2.05, 4.69) is 5.10 Å². The van der Waals surface area contributed by atoms with Gasteiger partial charge < -0.3 is 34.8 Å². The fourth-order valence-electron chi connectivity index (χ4n) is 3.75. The number of fused-ring (bicyclic) bond motifs is 2. The molecule has 1 aliphatic rings. The highest BCUT2D eigenvalue weighted by atomic mass is 16.5. The third kappa shape index (κ3) is 6.18. The van der Waals surface area contributed by atoms with Crippen molar-refractivity contribution in [1.29, 1.82) is 0 Å². The van der Waals surface area contributed by atoms with Crippen LogP contribution in [-0.2, 0) is 18.3 Å². The Hall–Kier alpha value is -2.17. The lowest BCUT2D eigenvalue weighted by molar-refractivity contribution is -0.141. The number of rotatable bonds is 4. The predicted molar refractivity (Wildman–Crippen MR) is 115 cm³/mol. The highest BCUT2D eigenvalue weighted by Gasteiger charge is 2.34. The summed E-state index contributed by atoms with van der Waals surface area (Å²) in [5.41, 5.74) is 2.69. The van der Waals surface area contributed by atoms with E-state index >= 15 is 0 Å². The molecule has 2 bridgehead atoms. The number of anilines is 1. The lowest BCUT2D eigenvalue weighted by atomic mass is 10.0. The number of aromatic nitrogens is 2. The van der Waals surface area contributed by atoms with Crippen molar-refractivity contribution in [2.24, 2.45) is 7.05 Å². The zero-order valence-corrected chi connectivity index (χ0v) is 18.1. The number of hydrogen-bond donors (Lipinski definition) is 4. The van der Waals surface area contributed by atoms with Crippen LogP contribution in [0.15, 0.2) is 30.5 Å². The van der Waals surface area contributed by atoms with Crippen LogP contribution in [0.4, 0.5) is 5.69 Å². The lowest BCUT2D eigenvalue weighted by Crippen LogP contribution is -2.51. The molecule has 0 spiro atoms. The van der Waals surface area contributed by atoms with Crippen LogP contribution in [0.2, 0.25) is 0 Å². The van der Waals surface area contributed by atoms with E-state index in [4.69, 9.17) is 9.47 Å². The third-order valence-corrected chi connectivity index (χ3v) is 5.48. The van der Waals surface area contributed by atoms with Gasteiger partial charge in [0.05, 0.1) is 25.0 Å². The summed E-state index contributed by atoms with van der Waals surface area (Å²) in [7, 11) is 1.85. The van der Waals surface area contributed by atoms with Gasteiger partial charge in [-0.1, -0.05) is 6.07 Å². The highest BCUT2D eigenvalue weighted by molar-refractivity contribution is 5.51. The Bertz CT molecular complexity index is 829. The maximum atomic E-state index is 10.8. The molecule has 4 N–H and O–H groups in total. The number of hydrogen-bond acceptors (Lipinski definition) is 8. The minimum absolute atomic E-state index is 0.0803. The molecule has 0 radical (unpaired) electrons. The molecule has 0 amide bonds. The van der Waals surface area contributed by atoms with E-state index < -0.39 is 31.0 Å². The highest BCUT2D eigenvalue weighted by Crippen LogP contribution is 2.25. The zero-order chi connectivity index (χ0) is 22.4. The molecular weight excluding hydrogens is 402 g/mol. The van der Waals surface area contributed by atoms with Crippen molar-refractivity contribution in [2.75, 3.05) is 31.3 Å². The van der Waals surface area contributed by atoms with E-state index in [1.807, 2.05) is 49.3 Å². The van der Waals surface area contributed by atoms with Crippen LogP contribution >= 0.6 is 0 Å². The van der Waals surface area contributed by atoms with E-state index in [1.54, 1.807) is 4.68 Å². The Morgan fingerprint density at radius 2 is 2.00 bits per heavy atom. The van der Waals surface area contributed by atoms with Gasteiger partial charge in [-0.25, -0.2) is 0 Å². The van der Waals surface area contributed by atoms with Crippen LogP contribution in [0, 0.1) is 6.92 Å². The number of aryl methyl sites for hydroxylation is 2. The van der Waals surface area contributed by atoms with Gasteiger partial charge in [0.1, 0.15) is 24.1 Å². The average molecular weight is 436 g/mol. The first-order valence-corrected chi connectivity index (χ1v) is 10.6. The molecule has 0 aliphatic carbocycles. The van der Waals surface area contributed by atoms with E-state index in [-0.39, 0.29) is 13.2 Å². The van der Waals surface area contributed by atoms with Crippen molar-refractivity contribution in [3.05, 3.63) is 41.7 Å². The van der Waals surface area contributed by atoms with E-state index in [9.17, 15) is 20.4 Å². The Morgan fingerprint density at radius 1 is 1.23 bits per heavy atom. The fourth-order valence-corrected chi connectivity index (χ4v) is 3.75. The molecule has 9 heteroatoms. The van der Waals surface area contributed by atoms with Gasteiger partial charge >= 0.3 is 0 Å². The molecule has 0 fully saturated rings. The Morgan fingerprint density at radius 3 is 2.71 bits per heavy atom. The topological polar surface area (TPSA) is 120 Å². The van der Waals surface area contributed by atoms with E-state index in [0.717, 1.165) is 29.1 Å². The average Bonchev–Trinajstić information content (AvgIpc) is 3.07. The summed E-state index contributed by atoms with van der Waals surface area (Å²) >= 11 is 0. The molecule has 2 heterocycles. The third-order valence-electron chi connectivity index (χ3n) is 5.48. The Balaban J connectivity index is 1.91. The van der Waals surface area contributed by atoms with Crippen LogP contribution in [-0.4, -0.2) is 81.0 Å². The first-order chi connectivity index (χ1) is 14.9. The maximum Gasteiger partial charge on any atom is 0.121 e.